The summed E-state index contributed by atoms with van der Waals surface area (Å²) >= 11 is 0. The summed E-state index contributed by atoms with van der Waals surface area (Å²) in [5, 5.41) is 2.84. The normalized spacial score (nSPS) is 34.5. The van der Waals surface area contributed by atoms with Gasteiger partial charge in [0.2, 0.25) is 0 Å². The summed E-state index contributed by atoms with van der Waals surface area (Å²) in [6, 6.07) is 0. The molecule has 0 bridgehead atoms. The number of alkyl halides is 1. The summed E-state index contributed by atoms with van der Waals surface area (Å²) in [6.45, 7) is 1.25. The van der Waals surface area contributed by atoms with Crippen LogP contribution >= 0.6 is 0 Å². The second-order valence-corrected chi connectivity index (χ2v) is 1.41. The lowest BCUT2D eigenvalue weighted by molar-refractivity contribution is 0.403. The molecule has 1 saturated heterocycles. The highest BCUT2D eigenvalue weighted by Crippen LogP contribution is 1.98. The number of nitrogens with one attached hydrogen (secondary N) is 1. The predicted molar refractivity (Wildman–Crippen MR) is 22.1 cm³/mol. The largest absolute Gasteiger partial charge is 0.313 e. The van der Waals surface area contributed by atoms with E-state index in [1.54, 1.807) is 6.42 Å². The molecule has 6 heavy (non-hydrogen) atoms. The van der Waals surface area contributed by atoms with Gasteiger partial charge in [-0.05, 0) is 0 Å². The molecule has 1 N–H and O–H groups in total. The van der Waals surface area contributed by atoms with Crippen LogP contribution in [0.25, 0.3) is 0 Å². The van der Waals surface area contributed by atoms with E-state index in [2.05, 4.69) is 5.32 Å². The van der Waals surface area contributed by atoms with Crippen LogP contribution in [-0.4, -0.2) is 19.3 Å². The Morgan fingerprint density at radius 3 is 2.83 bits per heavy atom. The van der Waals surface area contributed by atoms with Crippen LogP contribution in [0.5, 0.6) is 0 Å². The molecule has 0 aromatic heterocycles. The third-order valence-corrected chi connectivity index (χ3v) is 0.857. The minimum atomic E-state index is -0.690. The Morgan fingerprint density at radius 1 is 1.83 bits per heavy atom. The highest BCUT2D eigenvalue weighted by molar-refractivity contribution is 4.86. The van der Waals surface area contributed by atoms with E-state index in [1.807, 2.05) is 0 Å². The van der Waals surface area contributed by atoms with E-state index in [9.17, 15) is 4.39 Å². The van der Waals surface area contributed by atoms with E-state index < -0.39 is 6.17 Å². The van der Waals surface area contributed by atoms with Crippen molar-refractivity contribution in [3.8, 4) is 0 Å². The molecule has 1 atom stereocenters. The van der Waals surface area contributed by atoms with Crippen molar-refractivity contribution in [1.29, 1.82) is 0 Å². The molecule has 0 aromatic rings. The molecule has 1 radical (unpaired) electrons. The van der Waals surface area contributed by atoms with Crippen molar-refractivity contribution in [1.82, 2.24) is 5.32 Å². The van der Waals surface area contributed by atoms with Gasteiger partial charge >= 0.3 is 0 Å². The fourth-order valence-corrected chi connectivity index (χ4v) is 0.516. The monoisotopic (exact) mass is 88.1 g/mol. The van der Waals surface area contributed by atoms with Crippen LogP contribution in [0.1, 0.15) is 0 Å². The fourth-order valence-electron chi connectivity index (χ4n) is 0.516. The van der Waals surface area contributed by atoms with Gasteiger partial charge in [-0.2, -0.15) is 0 Å². The Hall–Kier alpha value is -0.110. The topological polar surface area (TPSA) is 12.0 Å². The number of halogens is 1. The van der Waals surface area contributed by atoms with Crippen molar-refractivity contribution in [2.45, 2.75) is 6.17 Å². The van der Waals surface area contributed by atoms with Gasteiger partial charge in [-0.3, -0.25) is 0 Å². The molecular formula is C4H7FN. The lowest BCUT2D eigenvalue weighted by atomic mass is 10.4. The first kappa shape index (κ1) is 4.06. The average Bonchev–Trinajstić information content (AvgIpc) is 1.86. The zero-order chi connectivity index (χ0) is 4.41. The van der Waals surface area contributed by atoms with E-state index in [0.717, 1.165) is 6.54 Å². The van der Waals surface area contributed by atoms with Crippen LogP contribution in [0, 0.1) is 6.42 Å². The third kappa shape index (κ3) is 0.684. The Morgan fingerprint density at radius 2 is 2.67 bits per heavy atom. The van der Waals surface area contributed by atoms with Gasteiger partial charge in [0.25, 0.3) is 0 Å². The summed E-state index contributed by atoms with van der Waals surface area (Å²) < 4.78 is 11.8. The second kappa shape index (κ2) is 1.56. The number of rotatable bonds is 0. The second-order valence-electron chi connectivity index (χ2n) is 1.41. The smallest absolute Gasteiger partial charge is 0.117 e. The lowest BCUT2D eigenvalue weighted by Gasteiger charge is -1.85. The molecule has 1 rings (SSSR count). The molecule has 0 aromatic carbocycles. The van der Waals surface area contributed by atoms with Crippen LogP contribution in [0.4, 0.5) is 4.39 Å². The molecule has 0 saturated carbocycles. The summed E-state index contributed by atoms with van der Waals surface area (Å²) in [4.78, 5) is 0. The molecule has 1 heterocycles. The Balaban J connectivity index is 2.18. The zero-order valence-electron chi connectivity index (χ0n) is 3.45. The molecule has 1 fully saturated rings. The van der Waals surface area contributed by atoms with Crippen molar-refractivity contribution in [3.63, 3.8) is 0 Å². The van der Waals surface area contributed by atoms with Crippen molar-refractivity contribution in [2.24, 2.45) is 0 Å². The Labute approximate surface area is 36.5 Å². The number of hydrogen-bond acceptors (Lipinski definition) is 1. The van der Waals surface area contributed by atoms with Crippen LogP contribution < -0.4 is 5.32 Å². The maximum atomic E-state index is 11.8. The Bertz CT molecular complexity index is 40.8. The first-order valence-electron chi connectivity index (χ1n) is 2.08. The molecule has 0 spiro atoms. The van der Waals surface area contributed by atoms with E-state index in [0.29, 0.717) is 6.54 Å². The molecule has 0 aliphatic carbocycles. The first-order valence-corrected chi connectivity index (χ1v) is 2.08. The van der Waals surface area contributed by atoms with Gasteiger partial charge in [-0.25, -0.2) is 4.39 Å². The van der Waals surface area contributed by atoms with E-state index in [1.165, 1.54) is 0 Å². The van der Waals surface area contributed by atoms with E-state index >= 15 is 0 Å². The van der Waals surface area contributed by atoms with Crippen molar-refractivity contribution in [2.75, 3.05) is 13.1 Å². The summed E-state index contributed by atoms with van der Waals surface area (Å²) in [6.07, 6.45) is 0.935. The molecule has 2 heteroatoms. The molecule has 1 nitrogen and oxygen atoms in total. The van der Waals surface area contributed by atoms with Gasteiger partial charge in [-0.15, -0.1) is 0 Å². The first-order chi connectivity index (χ1) is 2.89. The predicted octanol–water partition coefficient (Wildman–Crippen LogP) is 0.132. The van der Waals surface area contributed by atoms with E-state index in [4.69, 9.17) is 0 Å². The molecular weight excluding hydrogens is 81.0 g/mol. The SMILES string of the molecule is FC1[CH]CNC1. The minimum Gasteiger partial charge on any atom is -0.313 e. The van der Waals surface area contributed by atoms with Crippen molar-refractivity contribution < 1.29 is 4.39 Å². The zero-order valence-corrected chi connectivity index (χ0v) is 3.45. The van der Waals surface area contributed by atoms with Gasteiger partial charge in [0.05, 0.1) is 0 Å². The van der Waals surface area contributed by atoms with Crippen molar-refractivity contribution >= 4 is 0 Å². The molecule has 1 aliphatic rings. The van der Waals surface area contributed by atoms with Gasteiger partial charge in [0.1, 0.15) is 6.17 Å². The number of hydrogen-bond donors (Lipinski definition) is 1. The van der Waals surface area contributed by atoms with Gasteiger partial charge in [0, 0.05) is 19.5 Å². The molecule has 1 aliphatic heterocycles. The van der Waals surface area contributed by atoms with Gasteiger partial charge in [-0.1, -0.05) is 0 Å². The van der Waals surface area contributed by atoms with Gasteiger partial charge in [0.15, 0.2) is 0 Å². The third-order valence-electron chi connectivity index (χ3n) is 0.857. The minimum absolute atomic E-state index is 0.514. The summed E-state index contributed by atoms with van der Waals surface area (Å²) in [5.74, 6) is 0. The van der Waals surface area contributed by atoms with Crippen LogP contribution in [0.3, 0.4) is 0 Å². The van der Waals surface area contributed by atoms with Crippen molar-refractivity contribution in [3.05, 3.63) is 6.42 Å². The average molecular weight is 88.1 g/mol. The lowest BCUT2D eigenvalue weighted by Crippen LogP contribution is -2.08. The molecule has 1 unspecified atom stereocenters. The van der Waals surface area contributed by atoms with Gasteiger partial charge < -0.3 is 5.32 Å². The summed E-state index contributed by atoms with van der Waals surface area (Å²) in [7, 11) is 0. The van der Waals surface area contributed by atoms with Crippen LogP contribution in [0.15, 0.2) is 0 Å². The highest BCUT2D eigenvalue weighted by Gasteiger charge is 2.10. The maximum absolute atomic E-state index is 11.8. The van der Waals surface area contributed by atoms with E-state index in [-0.39, 0.29) is 0 Å². The molecule has 0 amide bonds. The van der Waals surface area contributed by atoms with Crippen LogP contribution in [-0.2, 0) is 0 Å². The highest BCUT2D eigenvalue weighted by atomic mass is 19.1. The summed E-state index contributed by atoms with van der Waals surface area (Å²) in [5.41, 5.74) is 0. The maximum Gasteiger partial charge on any atom is 0.117 e. The Kier molecular flexibility index (Phi) is 1.05. The standard InChI is InChI=1S/C4H7FN/c5-4-1-2-6-3-4/h1,4,6H,2-3H2. The molecule has 35 valence electrons. The fraction of sp³-hybridized carbons (Fsp3) is 0.750. The van der Waals surface area contributed by atoms with Crippen LogP contribution in [0.2, 0.25) is 0 Å². The quantitative estimate of drug-likeness (QED) is 0.444.